The summed E-state index contributed by atoms with van der Waals surface area (Å²) in [6.45, 7) is 0.287. The van der Waals surface area contributed by atoms with E-state index in [1.54, 1.807) is 18.2 Å². The lowest BCUT2D eigenvalue weighted by Crippen LogP contribution is -1.99. The van der Waals surface area contributed by atoms with Gasteiger partial charge in [-0.1, -0.05) is 41.4 Å². The first-order valence-electron chi connectivity index (χ1n) is 6.51. The molecular weight excluding hydrogens is 339 g/mol. The zero-order chi connectivity index (χ0) is 15.5. The Morgan fingerprint density at radius 1 is 1.05 bits per heavy atom. The number of anilines is 1. The van der Waals surface area contributed by atoms with Gasteiger partial charge in [-0.15, -0.1) is 11.3 Å². The minimum absolute atomic E-state index is 0.287. The van der Waals surface area contributed by atoms with Crippen molar-refractivity contribution in [1.82, 2.24) is 4.98 Å². The van der Waals surface area contributed by atoms with Crippen LogP contribution in [0, 0.1) is 0 Å². The van der Waals surface area contributed by atoms with Crippen molar-refractivity contribution in [2.75, 3.05) is 5.73 Å². The number of thiazole rings is 1. The molecule has 0 amide bonds. The van der Waals surface area contributed by atoms with Crippen LogP contribution in [0.15, 0.2) is 47.8 Å². The second kappa shape index (κ2) is 6.57. The number of hydrogen-bond acceptors (Lipinski definition) is 4. The molecule has 0 aliphatic rings. The Kier molecular flexibility index (Phi) is 4.52. The standard InChI is InChI=1S/C16H12Cl2N2OS/c17-12-5-3-6-13(18)11(12)8-21-15-7-2-1-4-10(15)14-9-22-16(19)20-14/h1-7,9H,8H2,(H2,19,20). The molecule has 3 aromatic rings. The van der Waals surface area contributed by atoms with Crippen molar-refractivity contribution < 1.29 is 4.74 Å². The maximum Gasteiger partial charge on any atom is 0.180 e. The van der Waals surface area contributed by atoms with Gasteiger partial charge in [-0.3, -0.25) is 0 Å². The third-order valence-electron chi connectivity index (χ3n) is 3.12. The van der Waals surface area contributed by atoms with Crippen LogP contribution in [0.4, 0.5) is 5.13 Å². The topological polar surface area (TPSA) is 48.1 Å². The molecule has 112 valence electrons. The number of halogens is 2. The van der Waals surface area contributed by atoms with Crippen molar-refractivity contribution in [3.05, 3.63) is 63.5 Å². The van der Waals surface area contributed by atoms with Crippen LogP contribution in [0.25, 0.3) is 11.3 Å². The van der Waals surface area contributed by atoms with Crippen molar-refractivity contribution in [3.63, 3.8) is 0 Å². The molecule has 0 fully saturated rings. The van der Waals surface area contributed by atoms with Crippen LogP contribution in [-0.4, -0.2) is 4.98 Å². The van der Waals surface area contributed by atoms with E-state index in [2.05, 4.69) is 4.98 Å². The molecule has 0 spiro atoms. The highest BCUT2D eigenvalue weighted by Gasteiger charge is 2.11. The van der Waals surface area contributed by atoms with E-state index in [1.165, 1.54) is 11.3 Å². The highest BCUT2D eigenvalue weighted by Crippen LogP contribution is 2.33. The predicted octanol–water partition coefficient (Wildman–Crippen LogP) is 5.28. The summed E-state index contributed by atoms with van der Waals surface area (Å²) in [5.74, 6) is 0.712. The van der Waals surface area contributed by atoms with Gasteiger partial charge in [0.15, 0.2) is 5.13 Å². The summed E-state index contributed by atoms with van der Waals surface area (Å²) >= 11 is 13.7. The normalized spacial score (nSPS) is 10.6. The van der Waals surface area contributed by atoms with Gasteiger partial charge >= 0.3 is 0 Å². The molecule has 1 aromatic heterocycles. The summed E-state index contributed by atoms with van der Waals surface area (Å²) in [5.41, 5.74) is 8.15. The first kappa shape index (κ1) is 15.2. The summed E-state index contributed by atoms with van der Waals surface area (Å²) in [6.07, 6.45) is 0. The largest absolute Gasteiger partial charge is 0.488 e. The van der Waals surface area contributed by atoms with Gasteiger partial charge < -0.3 is 10.5 Å². The van der Waals surface area contributed by atoms with Gasteiger partial charge in [-0.25, -0.2) is 4.98 Å². The summed E-state index contributed by atoms with van der Waals surface area (Å²) in [5, 5.41) is 3.60. The Labute approximate surface area is 142 Å². The van der Waals surface area contributed by atoms with Gasteiger partial charge in [0.05, 0.1) is 5.69 Å². The molecule has 0 aliphatic carbocycles. The molecular formula is C16H12Cl2N2OS. The third kappa shape index (κ3) is 3.19. The first-order valence-corrected chi connectivity index (χ1v) is 8.15. The van der Waals surface area contributed by atoms with Crippen molar-refractivity contribution in [1.29, 1.82) is 0 Å². The van der Waals surface area contributed by atoms with Gasteiger partial charge in [0.25, 0.3) is 0 Å². The zero-order valence-corrected chi connectivity index (χ0v) is 13.8. The molecule has 1 heterocycles. The van der Waals surface area contributed by atoms with E-state index in [-0.39, 0.29) is 6.61 Å². The van der Waals surface area contributed by atoms with Crippen LogP contribution in [0.3, 0.4) is 0 Å². The second-order valence-corrected chi connectivity index (χ2v) is 6.26. The van der Waals surface area contributed by atoms with E-state index in [9.17, 15) is 0 Å². The fourth-order valence-electron chi connectivity index (χ4n) is 2.04. The molecule has 2 aromatic carbocycles. The molecule has 3 nitrogen and oxygen atoms in total. The van der Waals surface area contributed by atoms with Gasteiger partial charge in [-0.2, -0.15) is 0 Å². The molecule has 0 saturated carbocycles. The third-order valence-corrected chi connectivity index (χ3v) is 4.50. The monoisotopic (exact) mass is 350 g/mol. The Morgan fingerprint density at radius 3 is 2.45 bits per heavy atom. The Balaban J connectivity index is 1.87. The number of aromatic nitrogens is 1. The number of para-hydroxylation sites is 1. The summed E-state index contributed by atoms with van der Waals surface area (Å²) in [6, 6.07) is 13.1. The van der Waals surface area contributed by atoms with Crippen LogP contribution in [0.1, 0.15) is 5.56 Å². The molecule has 3 rings (SSSR count). The van der Waals surface area contributed by atoms with Crippen molar-refractivity contribution >= 4 is 39.7 Å². The second-order valence-electron chi connectivity index (χ2n) is 4.56. The lowest BCUT2D eigenvalue weighted by atomic mass is 10.1. The number of hydrogen-bond donors (Lipinski definition) is 1. The van der Waals surface area contributed by atoms with E-state index < -0.39 is 0 Å². The zero-order valence-electron chi connectivity index (χ0n) is 11.4. The fourth-order valence-corrected chi connectivity index (χ4v) is 3.11. The highest BCUT2D eigenvalue weighted by molar-refractivity contribution is 7.13. The number of nitrogen functional groups attached to an aromatic ring is 1. The summed E-state index contributed by atoms with van der Waals surface area (Å²) < 4.78 is 5.90. The predicted molar refractivity (Wildman–Crippen MR) is 92.8 cm³/mol. The first-order chi connectivity index (χ1) is 10.6. The molecule has 0 radical (unpaired) electrons. The SMILES string of the molecule is Nc1nc(-c2ccccc2OCc2c(Cl)cccc2Cl)cs1. The van der Waals surface area contributed by atoms with Crippen molar-refractivity contribution in [2.45, 2.75) is 6.61 Å². The quantitative estimate of drug-likeness (QED) is 0.696. The minimum Gasteiger partial charge on any atom is -0.488 e. The van der Waals surface area contributed by atoms with Gasteiger partial charge in [0, 0.05) is 26.6 Å². The average Bonchev–Trinajstić information content (AvgIpc) is 2.93. The van der Waals surface area contributed by atoms with Gasteiger partial charge in [-0.05, 0) is 24.3 Å². The molecule has 0 atom stereocenters. The van der Waals surface area contributed by atoms with E-state index in [0.717, 1.165) is 16.8 Å². The summed E-state index contributed by atoms with van der Waals surface area (Å²) in [4.78, 5) is 4.30. The molecule has 0 unspecified atom stereocenters. The molecule has 2 N–H and O–H groups in total. The van der Waals surface area contributed by atoms with E-state index in [4.69, 9.17) is 33.7 Å². The average molecular weight is 351 g/mol. The van der Waals surface area contributed by atoms with Crippen LogP contribution >= 0.6 is 34.5 Å². The van der Waals surface area contributed by atoms with Crippen molar-refractivity contribution in [2.24, 2.45) is 0 Å². The van der Waals surface area contributed by atoms with E-state index >= 15 is 0 Å². The van der Waals surface area contributed by atoms with Crippen molar-refractivity contribution in [3.8, 4) is 17.0 Å². The lowest BCUT2D eigenvalue weighted by Gasteiger charge is -2.12. The van der Waals surface area contributed by atoms with Crippen LogP contribution in [0.2, 0.25) is 10.0 Å². The maximum absolute atomic E-state index is 6.16. The highest BCUT2D eigenvalue weighted by atomic mass is 35.5. The fraction of sp³-hybridized carbons (Fsp3) is 0.0625. The molecule has 22 heavy (non-hydrogen) atoms. The number of benzene rings is 2. The van der Waals surface area contributed by atoms with Crippen LogP contribution < -0.4 is 10.5 Å². The van der Waals surface area contributed by atoms with E-state index in [0.29, 0.717) is 20.9 Å². The van der Waals surface area contributed by atoms with Gasteiger partial charge in [0.2, 0.25) is 0 Å². The molecule has 0 saturated heterocycles. The Bertz CT molecular complexity index is 784. The molecule has 0 bridgehead atoms. The smallest absolute Gasteiger partial charge is 0.180 e. The lowest BCUT2D eigenvalue weighted by molar-refractivity contribution is 0.307. The van der Waals surface area contributed by atoms with Crippen LogP contribution in [0.5, 0.6) is 5.75 Å². The minimum atomic E-state index is 0.287. The molecule has 0 aliphatic heterocycles. The molecule has 6 heteroatoms. The van der Waals surface area contributed by atoms with Gasteiger partial charge in [0.1, 0.15) is 12.4 Å². The van der Waals surface area contributed by atoms with E-state index in [1.807, 2.05) is 29.6 Å². The number of ether oxygens (including phenoxy) is 1. The van der Waals surface area contributed by atoms with Crippen LogP contribution in [-0.2, 0) is 6.61 Å². The number of nitrogens with two attached hydrogens (primary N) is 1. The number of nitrogens with zero attached hydrogens (tertiary/aromatic N) is 1. The maximum atomic E-state index is 6.16. The Hall–Kier alpha value is -1.75. The number of rotatable bonds is 4. The summed E-state index contributed by atoms with van der Waals surface area (Å²) in [7, 11) is 0. The Morgan fingerprint density at radius 2 is 1.77 bits per heavy atom.